The fourth-order valence-electron chi connectivity index (χ4n) is 4.89. The molecule has 2 aromatic rings. The second-order valence-electron chi connectivity index (χ2n) is 8.56. The normalized spacial score (nSPS) is 27.1. The van der Waals surface area contributed by atoms with Crippen molar-refractivity contribution in [1.29, 1.82) is 0 Å². The molecule has 0 amide bonds. The minimum atomic E-state index is 0.0403. The SMILES string of the molecule is [B]c1cnn2c1N=C(c1ccccc1Cl)CC2NCC1CCCN(C2CCSC2)C1. The van der Waals surface area contributed by atoms with Crippen molar-refractivity contribution in [1.82, 2.24) is 20.0 Å². The predicted octanol–water partition coefficient (Wildman–Crippen LogP) is 3.16. The van der Waals surface area contributed by atoms with E-state index >= 15 is 0 Å². The number of rotatable bonds is 5. The van der Waals surface area contributed by atoms with Crippen LogP contribution < -0.4 is 10.8 Å². The molecule has 2 radical (unpaired) electrons. The smallest absolute Gasteiger partial charge is 0.145 e. The molecule has 5 rings (SSSR count). The van der Waals surface area contributed by atoms with Gasteiger partial charge in [0.15, 0.2) is 0 Å². The molecule has 0 bridgehead atoms. The topological polar surface area (TPSA) is 45.5 Å². The third-order valence-electron chi connectivity index (χ3n) is 6.52. The number of nitrogens with zero attached hydrogens (tertiary/aromatic N) is 4. The van der Waals surface area contributed by atoms with Crippen molar-refractivity contribution in [2.45, 2.75) is 37.9 Å². The minimum Gasteiger partial charge on any atom is -0.299 e. The van der Waals surface area contributed by atoms with Gasteiger partial charge in [0.25, 0.3) is 0 Å². The Morgan fingerprint density at radius 1 is 1.27 bits per heavy atom. The van der Waals surface area contributed by atoms with Crippen molar-refractivity contribution in [3.05, 3.63) is 41.0 Å². The first-order valence-electron chi connectivity index (χ1n) is 10.9. The Kier molecular flexibility index (Phi) is 6.23. The number of aliphatic imine (C=N–C) groups is 1. The van der Waals surface area contributed by atoms with Crippen LogP contribution in [0.1, 0.15) is 37.4 Å². The number of hydrogen-bond acceptors (Lipinski definition) is 5. The lowest BCUT2D eigenvalue weighted by Crippen LogP contribution is -2.46. The summed E-state index contributed by atoms with van der Waals surface area (Å²) in [5.41, 5.74) is 2.54. The number of piperidine rings is 1. The summed E-state index contributed by atoms with van der Waals surface area (Å²) >= 11 is 8.56. The molecule has 0 aliphatic carbocycles. The van der Waals surface area contributed by atoms with E-state index in [2.05, 4.69) is 27.1 Å². The fourth-order valence-corrected chi connectivity index (χ4v) is 6.39. The summed E-state index contributed by atoms with van der Waals surface area (Å²) in [7, 11) is 6.17. The van der Waals surface area contributed by atoms with E-state index in [1.807, 2.05) is 28.9 Å². The standard InChI is InChI=1S/C22H27BClN5S/c23-18-12-26-29-21(10-20(27-22(18)29)17-5-1-2-6-19(17)24)25-11-15-4-3-8-28(13-15)16-7-9-30-14-16/h1-2,5-6,12,15-16,21,25H,3-4,7-11,13-14H2. The summed E-state index contributed by atoms with van der Waals surface area (Å²) in [6.45, 7) is 3.44. The summed E-state index contributed by atoms with van der Waals surface area (Å²) in [6.07, 6.45) is 6.41. The molecule has 4 heterocycles. The summed E-state index contributed by atoms with van der Waals surface area (Å²) in [4.78, 5) is 7.53. The zero-order chi connectivity index (χ0) is 20.5. The van der Waals surface area contributed by atoms with Gasteiger partial charge in [-0.15, -0.1) is 0 Å². The van der Waals surface area contributed by atoms with E-state index in [9.17, 15) is 0 Å². The number of thioether (sulfide) groups is 1. The molecule has 3 atom stereocenters. The van der Waals surface area contributed by atoms with Crippen LogP contribution in [-0.4, -0.2) is 65.4 Å². The van der Waals surface area contributed by atoms with Gasteiger partial charge in [-0.1, -0.05) is 29.8 Å². The molecular formula is C22H27BClN5S. The highest BCUT2D eigenvalue weighted by Crippen LogP contribution is 2.30. The largest absolute Gasteiger partial charge is 0.299 e. The first kappa shape index (κ1) is 20.6. The number of aromatic nitrogens is 2. The first-order chi connectivity index (χ1) is 14.7. The number of likely N-dealkylation sites (tertiary alicyclic amines) is 1. The fraction of sp³-hybridized carbons (Fsp3) is 0.545. The third kappa shape index (κ3) is 4.22. The van der Waals surface area contributed by atoms with Crippen LogP contribution in [0.5, 0.6) is 0 Å². The highest BCUT2D eigenvalue weighted by atomic mass is 35.5. The molecule has 8 heteroatoms. The second kappa shape index (κ2) is 9.07. The van der Waals surface area contributed by atoms with E-state index in [-0.39, 0.29) is 6.17 Å². The number of benzene rings is 1. The van der Waals surface area contributed by atoms with Crippen molar-refractivity contribution >= 4 is 48.2 Å². The summed E-state index contributed by atoms with van der Waals surface area (Å²) in [5.74, 6) is 4.01. The minimum absolute atomic E-state index is 0.0403. The lowest BCUT2D eigenvalue weighted by molar-refractivity contribution is 0.129. The van der Waals surface area contributed by atoms with Crippen LogP contribution >= 0.6 is 23.4 Å². The average Bonchev–Trinajstić information content (AvgIpc) is 3.43. The molecule has 1 aromatic carbocycles. The van der Waals surface area contributed by atoms with Gasteiger partial charge in [-0.05, 0) is 49.0 Å². The van der Waals surface area contributed by atoms with Gasteiger partial charge in [0.05, 0.1) is 5.71 Å². The van der Waals surface area contributed by atoms with Crippen LogP contribution in [-0.2, 0) is 0 Å². The molecule has 156 valence electrons. The Bertz CT molecular complexity index is 926. The van der Waals surface area contributed by atoms with Gasteiger partial charge in [0.2, 0.25) is 0 Å². The number of nitrogens with one attached hydrogen (secondary N) is 1. The van der Waals surface area contributed by atoms with E-state index in [0.717, 1.165) is 41.1 Å². The maximum absolute atomic E-state index is 6.46. The van der Waals surface area contributed by atoms with Gasteiger partial charge in [0.1, 0.15) is 19.8 Å². The number of hydrogen-bond donors (Lipinski definition) is 1. The van der Waals surface area contributed by atoms with Crippen LogP contribution in [0.4, 0.5) is 5.82 Å². The maximum atomic E-state index is 6.46. The molecule has 3 aliphatic heterocycles. The molecule has 3 aliphatic rings. The Labute approximate surface area is 189 Å². The van der Waals surface area contributed by atoms with E-state index in [1.165, 1.54) is 43.9 Å². The number of fused-ring (bicyclic) bond motifs is 1. The van der Waals surface area contributed by atoms with Crippen molar-refractivity contribution in [3.8, 4) is 0 Å². The summed E-state index contributed by atoms with van der Waals surface area (Å²) < 4.78 is 1.93. The Morgan fingerprint density at radius 2 is 2.17 bits per heavy atom. The zero-order valence-electron chi connectivity index (χ0n) is 17.1. The van der Waals surface area contributed by atoms with Crippen molar-refractivity contribution in [2.75, 3.05) is 31.1 Å². The molecule has 1 N–H and O–H groups in total. The van der Waals surface area contributed by atoms with Crippen molar-refractivity contribution in [2.24, 2.45) is 10.9 Å². The monoisotopic (exact) mass is 439 g/mol. The van der Waals surface area contributed by atoms with Crippen LogP contribution in [0.2, 0.25) is 5.02 Å². The van der Waals surface area contributed by atoms with Gasteiger partial charge in [-0.3, -0.25) is 10.2 Å². The van der Waals surface area contributed by atoms with Gasteiger partial charge in [-0.25, -0.2) is 9.67 Å². The maximum Gasteiger partial charge on any atom is 0.145 e. The van der Waals surface area contributed by atoms with Crippen LogP contribution in [0.25, 0.3) is 0 Å². The average molecular weight is 440 g/mol. The van der Waals surface area contributed by atoms with Crippen LogP contribution in [0.3, 0.4) is 0 Å². The van der Waals surface area contributed by atoms with E-state index < -0.39 is 0 Å². The quantitative estimate of drug-likeness (QED) is 0.727. The Balaban J connectivity index is 1.30. The Morgan fingerprint density at radius 3 is 3.00 bits per heavy atom. The molecule has 0 saturated carbocycles. The highest BCUT2D eigenvalue weighted by Gasteiger charge is 2.30. The summed E-state index contributed by atoms with van der Waals surface area (Å²) in [6, 6.07) is 8.67. The molecular weight excluding hydrogens is 413 g/mol. The lowest BCUT2D eigenvalue weighted by atomic mass is 9.95. The van der Waals surface area contributed by atoms with Gasteiger partial charge in [0, 0.05) is 48.1 Å². The third-order valence-corrected chi connectivity index (χ3v) is 7.99. The van der Waals surface area contributed by atoms with E-state index in [4.69, 9.17) is 24.4 Å². The van der Waals surface area contributed by atoms with Crippen molar-refractivity contribution in [3.63, 3.8) is 0 Å². The van der Waals surface area contributed by atoms with E-state index in [1.54, 1.807) is 6.20 Å². The molecule has 2 saturated heterocycles. The zero-order valence-corrected chi connectivity index (χ0v) is 18.7. The van der Waals surface area contributed by atoms with Gasteiger partial charge >= 0.3 is 0 Å². The molecule has 3 unspecified atom stereocenters. The van der Waals surface area contributed by atoms with Crippen LogP contribution in [0.15, 0.2) is 35.5 Å². The van der Waals surface area contributed by atoms with Gasteiger partial charge in [-0.2, -0.15) is 16.9 Å². The van der Waals surface area contributed by atoms with Crippen molar-refractivity contribution < 1.29 is 0 Å². The molecule has 0 spiro atoms. The van der Waals surface area contributed by atoms with Gasteiger partial charge < -0.3 is 0 Å². The highest BCUT2D eigenvalue weighted by molar-refractivity contribution is 7.99. The predicted molar refractivity (Wildman–Crippen MR) is 127 cm³/mol. The summed E-state index contributed by atoms with van der Waals surface area (Å²) in [5, 5.41) is 9.01. The van der Waals surface area contributed by atoms with Crippen LogP contribution in [0, 0.1) is 5.92 Å². The lowest BCUT2D eigenvalue weighted by Gasteiger charge is -2.37. The first-order valence-corrected chi connectivity index (χ1v) is 12.4. The molecule has 1 aromatic heterocycles. The molecule has 30 heavy (non-hydrogen) atoms. The van der Waals surface area contributed by atoms with E-state index in [0.29, 0.717) is 11.4 Å². The molecule has 2 fully saturated rings. The Hall–Kier alpha value is -1.28. The number of halogens is 1. The molecule has 5 nitrogen and oxygen atoms in total. The second-order valence-corrected chi connectivity index (χ2v) is 10.1.